The number of ether oxygens (including phenoxy) is 2. The first-order chi connectivity index (χ1) is 10.7. The van der Waals surface area contributed by atoms with Crippen LogP contribution in [-0.2, 0) is 15.1 Å². The Morgan fingerprint density at radius 1 is 1.00 bits per heavy atom. The summed E-state index contributed by atoms with van der Waals surface area (Å²) in [5, 5.41) is 0. The minimum Gasteiger partial charge on any atom is -0.498 e. The lowest BCUT2D eigenvalue weighted by Crippen LogP contribution is -2.29. The maximum absolute atomic E-state index is 5.73. The van der Waals surface area contributed by atoms with E-state index in [-0.39, 0.29) is 0 Å². The Morgan fingerprint density at radius 2 is 1.59 bits per heavy atom. The van der Waals surface area contributed by atoms with E-state index in [0.29, 0.717) is 12.5 Å². The third-order valence-corrected chi connectivity index (χ3v) is 3.98. The van der Waals surface area contributed by atoms with Gasteiger partial charge in [0, 0.05) is 13.0 Å². The summed E-state index contributed by atoms with van der Waals surface area (Å²) in [5.41, 5.74) is 1.95. The van der Waals surface area contributed by atoms with E-state index in [4.69, 9.17) is 9.47 Å². The quantitative estimate of drug-likeness (QED) is 0.678. The van der Waals surface area contributed by atoms with Gasteiger partial charge in [0.25, 0.3) is 0 Å². The highest BCUT2D eigenvalue weighted by atomic mass is 16.5. The van der Waals surface area contributed by atoms with Gasteiger partial charge in [0.1, 0.15) is 12.2 Å². The molecule has 0 aromatic heterocycles. The summed E-state index contributed by atoms with van der Waals surface area (Å²) in [4.78, 5) is 0. The molecule has 0 aliphatic heterocycles. The zero-order valence-corrected chi connectivity index (χ0v) is 13.5. The van der Waals surface area contributed by atoms with Crippen LogP contribution in [0, 0.1) is 0 Å². The Hall–Kier alpha value is -2.06. The maximum atomic E-state index is 5.73. The first-order valence-electron chi connectivity index (χ1n) is 7.59. The molecule has 0 spiro atoms. The van der Waals surface area contributed by atoms with Gasteiger partial charge in [0.15, 0.2) is 0 Å². The van der Waals surface area contributed by atoms with E-state index in [2.05, 4.69) is 49.4 Å². The molecule has 116 valence electrons. The van der Waals surface area contributed by atoms with Crippen molar-refractivity contribution < 1.29 is 9.47 Å². The van der Waals surface area contributed by atoms with Gasteiger partial charge >= 0.3 is 0 Å². The molecule has 0 N–H and O–H groups in total. The highest BCUT2D eigenvalue weighted by molar-refractivity contribution is 5.23. The van der Waals surface area contributed by atoms with Gasteiger partial charge < -0.3 is 9.47 Å². The lowest BCUT2D eigenvalue weighted by molar-refractivity contribution is -0.0464. The largest absolute Gasteiger partial charge is 0.498 e. The van der Waals surface area contributed by atoms with Gasteiger partial charge in [-0.15, -0.1) is 0 Å². The highest BCUT2D eigenvalue weighted by Crippen LogP contribution is 2.25. The number of benzene rings is 2. The molecule has 22 heavy (non-hydrogen) atoms. The first kappa shape index (κ1) is 16.3. The van der Waals surface area contributed by atoms with Gasteiger partial charge in [-0.25, -0.2) is 0 Å². The van der Waals surface area contributed by atoms with Crippen LogP contribution in [0.1, 0.15) is 30.9 Å². The van der Waals surface area contributed by atoms with Gasteiger partial charge in [-0.2, -0.15) is 0 Å². The van der Waals surface area contributed by atoms with E-state index in [1.54, 1.807) is 13.4 Å². The molecule has 0 saturated carbocycles. The lowest BCUT2D eigenvalue weighted by Gasteiger charge is -2.27. The van der Waals surface area contributed by atoms with Crippen LogP contribution in [-0.4, -0.2) is 13.7 Å². The molecule has 0 aliphatic carbocycles. The summed E-state index contributed by atoms with van der Waals surface area (Å²) in [6.45, 7) is 4.67. The lowest BCUT2D eigenvalue weighted by atomic mass is 9.97. The van der Waals surface area contributed by atoms with Crippen molar-refractivity contribution in [3.63, 3.8) is 0 Å². The zero-order valence-electron chi connectivity index (χ0n) is 13.5. The second-order valence-electron chi connectivity index (χ2n) is 5.64. The third-order valence-electron chi connectivity index (χ3n) is 3.98. The molecule has 0 fully saturated rings. The van der Waals surface area contributed by atoms with Crippen LogP contribution in [0.2, 0.25) is 0 Å². The number of rotatable bonds is 7. The van der Waals surface area contributed by atoms with Crippen molar-refractivity contribution in [3.8, 4) is 0 Å². The summed E-state index contributed by atoms with van der Waals surface area (Å²) in [5.74, 6) is 0.326. The van der Waals surface area contributed by atoms with Crippen LogP contribution in [0.5, 0.6) is 0 Å². The Labute approximate surface area is 133 Å². The van der Waals surface area contributed by atoms with Crippen LogP contribution in [0.3, 0.4) is 0 Å². The van der Waals surface area contributed by atoms with Gasteiger partial charge in [0.05, 0.1) is 6.26 Å². The van der Waals surface area contributed by atoms with Gasteiger partial charge in [-0.05, 0) is 24.1 Å². The summed E-state index contributed by atoms with van der Waals surface area (Å²) < 4.78 is 11.4. The fourth-order valence-corrected chi connectivity index (χ4v) is 2.30. The fourth-order valence-electron chi connectivity index (χ4n) is 2.30. The topological polar surface area (TPSA) is 18.5 Å². The number of allylic oxidation sites excluding steroid dienone is 1. The molecule has 2 rings (SSSR count). The molecule has 2 nitrogen and oxygen atoms in total. The van der Waals surface area contributed by atoms with Crippen molar-refractivity contribution in [2.45, 2.75) is 25.4 Å². The number of hydrogen-bond acceptors (Lipinski definition) is 2. The highest BCUT2D eigenvalue weighted by Gasteiger charge is 2.26. The predicted molar refractivity (Wildman–Crippen MR) is 90.8 cm³/mol. The predicted octanol–water partition coefficient (Wildman–Crippen LogP) is 4.88. The molecular weight excluding hydrogens is 272 g/mol. The number of hydrogen-bond donors (Lipinski definition) is 0. The van der Waals surface area contributed by atoms with Gasteiger partial charge in [0.2, 0.25) is 0 Å². The van der Waals surface area contributed by atoms with Crippen LogP contribution >= 0.6 is 0 Å². The second-order valence-corrected chi connectivity index (χ2v) is 5.64. The molecule has 2 aromatic rings. The molecule has 2 atom stereocenters. The standard InChI is InChI=1S/C20H24O2/c1-17(18-10-6-4-7-11-18)14-15-22-16-20(2,21-3)19-12-8-5-9-13-19/h4-15,17H,16H2,1-3H3/b15-14-/t17-,20-/m0/s1. The van der Waals surface area contributed by atoms with Crippen molar-refractivity contribution in [2.24, 2.45) is 0 Å². The monoisotopic (exact) mass is 296 g/mol. The summed E-state index contributed by atoms with van der Waals surface area (Å²) >= 11 is 0. The van der Waals surface area contributed by atoms with Crippen molar-refractivity contribution in [2.75, 3.05) is 13.7 Å². The Kier molecular flexibility index (Phi) is 5.79. The molecule has 0 amide bonds. The smallest absolute Gasteiger partial charge is 0.124 e. The Morgan fingerprint density at radius 3 is 2.18 bits per heavy atom. The SMILES string of the molecule is CO[C@@](C)(CO/C=C\[C@H](C)c1ccccc1)c1ccccc1. The minimum absolute atomic E-state index is 0.326. The van der Waals surface area contributed by atoms with Crippen LogP contribution in [0.25, 0.3) is 0 Å². The zero-order chi connectivity index (χ0) is 15.8. The molecule has 2 aromatic carbocycles. The average Bonchev–Trinajstić information content (AvgIpc) is 2.60. The van der Waals surface area contributed by atoms with Crippen LogP contribution < -0.4 is 0 Å². The molecular formula is C20H24O2. The van der Waals surface area contributed by atoms with Gasteiger partial charge in [-0.3, -0.25) is 0 Å². The van der Waals surface area contributed by atoms with E-state index in [1.807, 2.05) is 31.2 Å². The van der Waals surface area contributed by atoms with Crippen molar-refractivity contribution in [1.82, 2.24) is 0 Å². The van der Waals surface area contributed by atoms with E-state index in [0.717, 1.165) is 5.56 Å². The Balaban J connectivity index is 1.93. The van der Waals surface area contributed by atoms with Crippen LogP contribution in [0.4, 0.5) is 0 Å². The third kappa shape index (κ3) is 4.22. The fraction of sp³-hybridized carbons (Fsp3) is 0.300. The van der Waals surface area contributed by atoms with Crippen molar-refractivity contribution >= 4 is 0 Å². The van der Waals surface area contributed by atoms with Crippen molar-refractivity contribution in [1.29, 1.82) is 0 Å². The summed E-state index contributed by atoms with van der Waals surface area (Å²) in [7, 11) is 1.71. The molecule has 0 saturated heterocycles. The summed E-state index contributed by atoms with van der Waals surface area (Å²) in [6.07, 6.45) is 3.84. The van der Waals surface area contributed by atoms with Crippen LogP contribution in [0.15, 0.2) is 73.0 Å². The Bertz CT molecular complexity index is 577. The second kappa shape index (κ2) is 7.81. The molecule has 0 bridgehead atoms. The number of methoxy groups -OCH3 is 1. The molecule has 0 aliphatic rings. The molecule has 0 radical (unpaired) electrons. The van der Waals surface area contributed by atoms with E-state index >= 15 is 0 Å². The van der Waals surface area contributed by atoms with E-state index in [1.165, 1.54) is 5.56 Å². The average molecular weight is 296 g/mol. The normalized spacial score (nSPS) is 15.4. The first-order valence-corrected chi connectivity index (χ1v) is 7.59. The van der Waals surface area contributed by atoms with Gasteiger partial charge in [-0.1, -0.05) is 67.6 Å². The molecule has 2 heteroatoms. The van der Waals surface area contributed by atoms with E-state index < -0.39 is 5.60 Å². The van der Waals surface area contributed by atoms with Crippen molar-refractivity contribution in [3.05, 3.63) is 84.1 Å². The van der Waals surface area contributed by atoms with E-state index in [9.17, 15) is 0 Å². The maximum Gasteiger partial charge on any atom is 0.124 e. The summed E-state index contributed by atoms with van der Waals surface area (Å²) in [6, 6.07) is 20.5. The molecule has 0 unspecified atom stereocenters. The molecule has 0 heterocycles. The minimum atomic E-state index is -0.443.